The second-order valence-electron chi connectivity index (χ2n) is 33.0. The summed E-state index contributed by atoms with van der Waals surface area (Å²) in [4.78, 5) is 117. The van der Waals surface area contributed by atoms with Crippen LogP contribution in [0.25, 0.3) is 0 Å². The first-order chi connectivity index (χ1) is 57.4. The van der Waals surface area contributed by atoms with E-state index in [-0.39, 0.29) is 96.8 Å². The number of hydrogen-bond acceptors (Lipinski definition) is 20. The average molecular weight is 1690 g/mol. The minimum Gasteiger partial charge on any atom is -0.480 e. The standard InChI is InChI=1S/C93H173N3O22/c1-5-9-13-17-21-25-29-33-37-41-45-49-53-60-88(105)116-79-82(113-71-56-52-48-44-40-36-32-28-24-20-16-12-8-4)92(83(118-90(107)62-55-51-47-43-39-35-31-27-23-19-15-11-7-3)80-117-89(106)61-54-50-46-42-38-34-30-26-22-18-14-10-6-2)115-73-59-70-112-68-57-67-111-69-58-72-114-91(108)74-81(93(109)110)96(65-63-94(75-84(97)98)76-85(99)100)66-64-95(77-86(101)102)78-87(103)104/h81-83,92H,5-80H2,1-4H3,(H,97,98)(H,99,100)(H,101,102)(H,103,104)(H,109,110). The smallest absolute Gasteiger partial charge is 0.321 e. The first-order valence-corrected chi connectivity index (χ1v) is 47.7. The van der Waals surface area contributed by atoms with Gasteiger partial charge in [0, 0.05) is 91.5 Å². The van der Waals surface area contributed by atoms with Crippen LogP contribution in [0.5, 0.6) is 0 Å². The van der Waals surface area contributed by atoms with Crippen molar-refractivity contribution in [3.63, 3.8) is 0 Å². The molecule has 0 aliphatic rings. The third-order valence-corrected chi connectivity index (χ3v) is 21.8. The average Bonchev–Trinajstić information content (AvgIpc) is 0.858. The van der Waals surface area contributed by atoms with Crippen LogP contribution in [-0.2, 0) is 81.0 Å². The Morgan fingerprint density at radius 1 is 0.263 bits per heavy atom. The van der Waals surface area contributed by atoms with Crippen LogP contribution in [0.1, 0.15) is 407 Å². The van der Waals surface area contributed by atoms with Crippen molar-refractivity contribution in [3.8, 4) is 0 Å². The Morgan fingerprint density at radius 3 is 0.847 bits per heavy atom. The Bertz CT molecular complexity index is 2320. The molecule has 0 bridgehead atoms. The molecular formula is C93H173N3O22. The van der Waals surface area contributed by atoms with Crippen LogP contribution in [0.2, 0.25) is 0 Å². The molecule has 4 atom stereocenters. The molecule has 0 aromatic carbocycles. The third kappa shape index (κ3) is 77.0. The molecule has 118 heavy (non-hydrogen) atoms. The fourth-order valence-corrected chi connectivity index (χ4v) is 14.8. The maximum atomic E-state index is 14.2. The highest BCUT2D eigenvalue weighted by molar-refractivity contribution is 5.81. The number of nitrogens with zero attached hydrogens (tertiary/aromatic N) is 3. The van der Waals surface area contributed by atoms with Gasteiger partial charge in [0.15, 0.2) is 6.10 Å². The minimum atomic E-state index is -1.59. The number of ether oxygens (including phenoxy) is 8. The molecule has 0 aromatic rings. The van der Waals surface area contributed by atoms with E-state index < -0.39 is 98.7 Å². The van der Waals surface area contributed by atoms with Gasteiger partial charge in [0.25, 0.3) is 0 Å². The van der Waals surface area contributed by atoms with Gasteiger partial charge in [0.1, 0.15) is 31.5 Å². The normalized spacial score (nSPS) is 12.6. The van der Waals surface area contributed by atoms with Gasteiger partial charge in [0.2, 0.25) is 0 Å². The zero-order valence-electron chi connectivity index (χ0n) is 75.1. The molecule has 0 fully saturated rings. The Morgan fingerprint density at radius 2 is 0.534 bits per heavy atom. The van der Waals surface area contributed by atoms with Crippen molar-refractivity contribution in [1.82, 2.24) is 14.7 Å². The van der Waals surface area contributed by atoms with Crippen molar-refractivity contribution in [1.29, 1.82) is 0 Å². The fourth-order valence-electron chi connectivity index (χ4n) is 14.8. The number of carboxylic acids is 5. The van der Waals surface area contributed by atoms with Crippen molar-refractivity contribution >= 4 is 53.7 Å². The Balaban J connectivity index is 6.48. The lowest BCUT2D eigenvalue weighted by atomic mass is 10.0. The molecule has 0 amide bonds. The summed E-state index contributed by atoms with van der Waals surface area (Å²) in [5.74, 6) is -8.86. The second-order valence-corrected chi connectivity index (χ2v) is 33.0. The van der Waals surface area contributed by atoms with Gasteiger partial charge in [-0.15, -0.1) is 0 Å². The molecule has 25 nitrogen and oxygen atoms in total. The molecule has 5 N–H and O–H groups in total. The van der Waals surface area contributed by atoms with Crippen LogP contribution in [0.3, 0.4) is 0 Å². The quantitative estimate of drug-likeness (QED) is 0.0214. The third-order valence-electron chi connectivity index (χ3n) is 21.8. The highest BCUT2D eigenvalue weighted by atomic mass is 16.6. The first kappa shape index (κ1) is 113. The number of esters is 4. The summed E-state index contributed by atoms with van der Waals surface area (Å²) in [5.41, 5.74) is 0. The van der Waals surface area contributed by atoms with E-state index in [2.05, 4.69) is 27.7 Å². The molecule has 0 aliphatic heterocycles. The lowest BCUT2D eigenvalue weighted by molar-refractivity contribution is -0.189. The topological polar surface area (TPSA) is 338 Å². The molecule has 4 unspecified atom stereocenters. The van der Waals surface area contributed by atoms with Crippen molar-refractivity contribution in [2.75, 3.05) is 112 Å². The molecule has 0 saturated heterocycles. The predicted octanol–water partition coefficient (Wildman–Crippen LogP) is 20.1. The maximum absolute atomic E-state index is 14.2. The van der Waals surface area contributed by atoms with E-state index in [0.29, 0.717) is 58.5 Å². The summed E-state index contributed by atoms with van der Waals surface area (Å²) in [6.45, 7) is 6.17. The SMILES string of the molecule is CCCCCCCCCCCCCCCOC(COC(=O)CCCCCCCCCCCCCCC)C(OCCCOCCCOCCCOC(=O)CC(C(=O)O)N(CCN(CC(=O)O)CC(=O)O)CCN(CC(=O)O)CC(=O)O)C(COC(=O)CCCCCCCCCCCCCCC)OC(=O)CCCCCCCCCCCCCCC. The number of carbonyl (C=O) groups is 9. The highest BCUT2D eigenvalue weighted by Crippen LogP contribution is 2.23. The molecule has 25 heteroatoms. The van der Waals surface area contributed by atoms with Crippen LogP contribution in [-0.4, -0.2) is 230 Å². The van der Waals surface area contributed by atoms with E-state index in [0.717, 1.165) is 93.3 Å². The monoisotopic (exact) mass is 1680 g/mol. The Hall–Kier alpha value is -5.05. The lowest BCUT2D eigenvalue weighted by Crippen LogP contribution is -2.50. The minimum absolute atomic E-state index is 0.132. The second kappa shape index (κ2) is 85.5. The van der Waals surface area contributed by atoms with Gasteiger partial charge < -0.3 is 63.4 Å². The zero-order chi connectivity index (χ0) is 86.6. The molecule has 0 rings (SSSR count). The molecule has 692 valence electrons. The van der Waals surface area contributed by atoms with Crippen molar-refractivity contribution in [2.45, 2.75) is 431 Å². The largest absolute Gasteiger partial charge is 0.480 e. The van der Waals surface area contributed by atoms with Gasteiger partial charge in [0.05, 0.1) is 39.2 Å². The molecular weight excluding hydrogens is 1510 g/mol. The van der Waals surface area contributed by atoms with Crippen LogP contribution < -0.4 is 0 Å². The fraction of sp³-hybridized carbons (Fsp3) is 0.903. The predicted molar refractivity (Wildman–Crippen MR) is 465 cm³/mol. The van der Waals surface area contributed by atoms with E-state index in [4.69, 9.17) is 37.9 Å². The number of hydrogen-bond donors (Lipinski definition) is 5. The van der Waals surface area contributed by atoms with E-state index in [1.165, 1.54) is 236 Å². The highest BCUT2D eigenvalue weighted by Gasteiger charge is 2.37. The Labute approximate surface area is 714 Å². The number of carbonyl (C=O) groups excluding carboxylic acids is 4. The summed E-state index contributed by atoms with van der Waals surface area (Å²) in [6, 6.07) is -1.59. The summed E-state index contributed by atoms with van der Waals surface area (Å²) >= 11 is 0. The van der Waals surface area contributed by atoms with Crippen LogP contribution in [0.15, 0.2) is 0 Å². The maximum Gasteiger partial charge on any atom is 0.321 e. The van der Waals surface area contributed by atoms with Crippen molar-refractivity contribution in [3.05, 3.63) is 0 Å². The Kier molecular flexibility index (Phi) is 81.8. The first-order valence-electron chi connectivity index (χ1n) is 47.7. The zero-order valence-corrected chi connectivity index (χ0v) is 75.1. The van der Waals surface area contributed by atoms with Gasteiger partial charge in [-0.3, -0.25) is 57.9 Å². The summed E-state index contributed by atoms with van der Waals surface area (Å²) in [5, 5.41) is 47.8. The van der Waals surface area contributed by atoms with E-state index in [1.807, 2.05) is 0 Å². The molecule has 0 saturated carbocycles. The van der Waals surface area contributed by atoms with Crippen molar-refractivity contribution < 1.29 is 107 Å². The number of unbranched alkanes of at least 4 members (excludes halogenated alkanes) is 48. The number of rotatable bonds is 95. The number of aliphatic carboxylic acids is 5. The van der Waals surface area contributed by atoms with Gasteiger partial charge in [-0.05, 0) is 38.5 Å². The molecule has 0 spiro atoms. The molecule has 0 aliphatic carbocycles. The van der Waals surface area contributed by atoms with E-state index in [9.17, 15) is 68.7 Å². The van der Waals surface area contributed by atoms with Crippen LogP contribution >= 0.6 is 0 Å². The van der Waals surface area contributed by atoms with Gasteiger partial charge in [-0.2, -0.15) is 0 Å². The summed E-state index contributed by atoms with van der Waals surface area (Å²) in [6.07, 6.45) is 59.7. The van der Waals surface area contributed by atoms with Gasteiger partial charge >= 0.3 is 53.7 Å². The van der Waals surface area contributed by atoms with Gasteiger partial charge in [-0.25, -0.2) is 0 Å². The number of carboxylic acid groups (broad SMARTS) is 5. The van der Waals surface area contributed by atoms with Crippen LogP contribution in [0.4, 0.5) is 0 Å². The molecule has 0 radical (unpaired) electrons. The summed E-state index contributed by atoms with van der Waals surface area (Å²) in [7, 11) is 0. The van der Waals surface area contributed by atoms with Gasteiger partial charge in [-0.1, -0.05) is 336 Å². The summed E-state index contributed by atoms with van der Waals surface area (Å²) < 4.78 is 49.3. The van der Waals surface area contributed by atoms with Crippen LogP contribution in [0, 0.1) is 0 Å². The molecule has 0 heterocycles. The lowest BCUT2D eigenvalue weighted by Gasteiger charge is -2.33. The molecule has 0 aromatic heterocycles. The van der Waals surface area contributed by atoms with E-state index >= 15 is 0 Å². The van der Waals surface area contributed by atoms with E-state index in [1.54, 1.807) is 0 Å². The van der Waals surface area contributed by atoms with Crippen molar-refractivity contribution in [2.24, 2.45) is 0 Å².